The van der Waals surface area contributed by atoms with Gasteiger partial charge in [0.05, 0.1) is 7.11 Å². The van der Waals surface area contributed by atoms with E-state index in [9.17, 15) is 4.79 Å². The number of hydrogen-bond acceptors (Lipinski definition) is 5. The lowest BCUT2D eigenvalue weighted by molar-refractivity contribution is -0.128. The Morgan fingerprint density at radius 1 is 1.21 bits per heavy atom. The third-order valence-electron chi connectivity index (χ3n) is 6.11. The second kappa shape index (κ2) is 8.76. The van der Waals surface area contributed by atoms with Crippen molar-refractivity contribution in [2.45, 2.75) is 63.8 Å². The number of ether oxygens (including phenoxy) is 1. The van der Waals surface area contributed by atoms with Crippen molar-refractivity contribution >= 4 is 5.91 Å². The van der Waals surface area contributed by atoms with Gasteiger partial charge in [-0.25, -0.2) is 0 Å². The molecule has 2 aromatic rings. The zero-order valence-corrected chi connectivity index (χ0v) is 16.6. The van der Waals surface area contributed by atoms with Gasteiger partial charge in [0.15, 0.2) is 5.82 Å². The highest BCUT2D eigenvalue weighted by Gasteiger charge is 2.34. The van der Waals surface area contributed by atoms with Crippen LogP contribution in [0.15, 0.2) is 28.8 Å². The predicted molar refractivity (Wildman–Crippen MR) is 105 cm³/mol. The lowest BCUT2D eigenvalue weighted by atomic mass is 9.86. The molecule has 6 nitrogen and oxygen atoms in total. The summed E-state index contributed by atoms with van der Waals surface area (Å²) in [5.74, 6) is 3.14. The van der Waals surface area contributed by atoms with Gasteiger partial charge in [-0.3, -0.25) is 4.79 Å². The molecule has 0 bridgehead atoms. The molecule has 1 unspecified atom stereocenters. The first kappa shape index (κ1) is 19.0. The summed E-state index contributed by atoms with van der Waals surface area (Å²) >= 11 is 0. The van der Waals surface area contributed by atoms with E-state index >= 15 is 0 Å². The molecule has 1 saturated carbocycles. The first-order valence-electron chi connectivity index (χ1n) is 10.4. The second-order valence-corrected chi connectivity index (χ2v) is 8.08. The molecular weight excluding hydrogens is 354 g/mol. The fourth-order valence-electron chi connectivity index (χ4n) is 4.48. The molecule has 28 heavy (non-hydrogen) atoms. The number of aromatic nitrogens is 2. The molecule has 4 rings (SSSR count). The zero-order valence-electron chi connectivity index (χ0n) is 16.6. The third kappa shape index (κ3) is 4.37. The number of para-hydroxylation sites is 1. The molecule has 6 heteroatoms. The summed E-state index contributed by atoms with van der Waals surface area (Å²) in [7, 11) is 1.65. The van der Waals surface area contributed by atoms with Crippen molar-refractivity contribution in [3.05, 3.63) is 41.5 Å². The first-order valence-corrected chi connectivity index (χ1v) is 10.4. The number of benzene rings is 1. The van der Waals surface area contributed by atoms with E-state index in [-0.39, 0.29) is 11.8 Å². The van der Waals surface area contributed by atoms with Crippen molar-refractivity contribution in [3.63, 3.8) is 0 Å². The van der Waals surface area contributed by atoms with Gasteiger partial charge in [-0.05, 0) is 18.4 Å². The van der Waals surface area contributed by atoms with Gasteiger partial charge < -0.3 is 14.2 Å². The molecule has 1 aliphatic heterocycles. The Kier molecular flexibility index (Phi) is 5.93. The number of hydrogen-bond donors (Lipinski definition) is 0. The fourth-order valence-corrected chi connectivity index (χ4v) is 4.48. The molecule has 0 N–H and O–H groups in total. The van der Waals surface area contributed by atoms with Crippen LogP contribution in [0.5, 0.6) is 5.75 Å². The highest BCUT2D eigenvalue weighted by molar-refractivity contribution is 5.79. The Morgan fingerprint density at radius 2 is 2.04 bits per heavy atom. The normalized spacial score (nSPS) is 20.7. The van der Waals surface area contributed by atoms with Gasteiger partial charge in [0.1, 0.15) is 5.75 Å². The van der Waals surface area contributed by atoms with E-state index in [1.54, 1.807) is 7.11 Å². The zero-order chi connectivity index (χ0) is 19.3. The average Bonchev–Trinajstić information content (AvgIpc) is 3.35. The molecule has 2 fully saturated rings. The lowest BCUT2D eigenvalue weighted by Crippen LogP contribution is -2.24. The monoisotopic (exact) mass is 383 g/mol. The maximum Gasteiger partial charge on any atom is 0.226 e. The van der Waals surface area contributed by atoms with E-state index in [0.717, 1.165) is 36.0 Å². The van der Waals surface area contributed by atoms with Crippen molar-refractivity contribution in [1.29, 1.82) is 0 Å². The minimum absolute atomic E-state index is 0.00869. The largest absolute Gasteiger partial charge is 0.496 e. The topological polar surface area (TPSA) is 68.5 Å². The van der Waals surface area contributed by atoms with Crippen LogP contribution in [0, 0.1) is 5.92 Å². The van der Waals surface area contributed by atoms with Crippen LogP contribution in [-0.4, -0.2) is 34.6 Å². The van der Waals surface area contributed by atoms with Crippen LogP contribution in [0.1, 0.15) is 68.1 Å². The van der Waals surface area contributed by atoms with Gasteiger partial charge in [-0.1, -0.05) is 55.5 Å². The molecule has 0 spiro atoms. The third-order valence-corrected chi connectivity index (χ3v) is 6.11. The number of carbonyl (C=O) groups is 1. The van der Waals surface area contributed by atoms with E-state index in [1.165, 1.54) is 32.1 Å². The Bertz CT molecular complexity index is 798. The van der Waals surface area contributed by atoms with Crippen LogP contribution in [0.2, 0.25) is 0 Å². The first-order chi connectivity index (χ1) is 13.7. The Hall–Kier alpha value is -2.37. The van der Waals surface area contributed by atoms with E-state index in [4.69, 9.17) is 9.26 Å². The highest BCUT2D eigenvalue weighted by atomic mass is 16.5. The number of methoxy groups -OCH3 is 1. The summed E-state index contributed by atoms with van der Waals surface area (Å²) < 4.78 is 10.9. The maximum absolute atomic E-state index is 12.5. The van der Waals surface area contributed by atoms with Crippen LogP contribution < -0.4 is 4.74 Å². The van der Waals surface area contributed by atoms with Crippen molar-refractivity contribution in [3.8, 4) is 5.75 Å². The molecule has 1 amide bonds. The van der Waals surface area contributed by atoms with Gasteiger partial charge in [-0.2, -0.15) is 4.98 Å². The van der Waals surface area contributed by atoms with Gasteiger partial charge >= 0.3 is 0 Å². The molecule has 1 aliphatic carbocycles. The van der Waals surface area contributed by atoms with Crippen molar-refractivity contribution in [2.75, 3.05) is 13.7 Å². The molecule has 1 aromatic carbocycles. The Balaban J connectivity index is 1.34. The molecule has 150 valence electrons. The molecule has 0 radical (unpaired) electrons. The number of likely N-dealkylation sites (tertiary alicyclic amines) is 1. The standard InChI is InChI=1S/C22H29N3O3/c1-27-19-10-6-5-9-17(19)14-25-15-18(13-21(25)26)22-23-20(28-24-22)12-11-16-7-3-2-4-8-16/h5-6,9-10,16,18H,2-4,7-8,11-15H2,1H3. The van der Waals surface area contributed by atoms with Gasteiger partial charge in [0.2, 0.25) is 11.8 Å². The van der Waals surface area contributed by atoms with Gasteiger partial charge in [0.25, 0.3) is 0 Å². The van der Waals surface area contributed by atoms with Gasteiger partial charge in [-0.15, -0.1) is 0 Å². The summed E-state index contributed by atoms with van der Waals surface area (Å²) in [4.78, 5) is 19.0. The van der Waals surface area contributed by atoms with Crippen LogP contribution >= 0.6 is 0 Å². The number of carbonyl (C=O) groups excluding carboxylic acids is 1. The molecule has 1 saturated heterocycles. The number of amides is 1. The van der Waals surface area contributed by atoms with E-state index in [1.807, 2.05) is 29.2 Å². The molecule has 1 aromatic heterocycles. The molecule has 2 heterocycles. The van der Waals surface area contributed by atoms with Crippen molar-refractivity contribution in [1.82, 2.24) is 15.0 Å². The Labute approximate surface area is 166 Å². The number of rotatable bonds is 7. The van der Waals surface area contributed by atoms with Crippen molar-refractivity contribution < 1.29 is 14.1 Å². The summed E-state index contributed by atoms with van der Waals surface area (Å²) in [6.07, 6.45) is 9.16. The van der Waals surface area contributed by atoms with Crippen molar-refractivity contribution in [2.24, 2.45) is 5.92 Å². The second-order valence-electron chi connectivity index (χ2n) is 8.08. The summed E-state index contributed by atoms with van der Waals surface area (Å²) in [6, 6.07) is 7.82. The molecular formula is C22H29N3O3. The average molecular weight is 383 g/mol. The molecule has 2 aliphatic rings. The van der Waals surface area contributed by atoms with Crippen LogP contribution in [0.4, 0.5) is 0 Å². The van der Waals surface area contributed by atoms with Crippen LogP contribution in [0.25, 0.3) is 0 Å². The summed E-state index contributed by atoms with van der Waals surface area (Å²) in [5, 5.41) is 4.18. The quantitative estimate of drug-likeness (QED) is 0.720. The minimum atomic E-state index is 0.00869. The van der Waals surface area contributed by atoms with Crippen LogP contribution in [-0.2, 0) is 17.8 Å². The van der Waals surface area contributed by atoms with Gasteiger partial charge in [0, 0.05) is 37.4 Å². The number of aryl methyl sites for hydroxylation is 1. The maximum atomic E-state index is 12.5. The summed E-state index contributed by atoms with van der Waals surface area (Å²) in [6.45, 7) is 1.17. The highest BCUT2D eigenvalue weighted by Crippen LogP contribution is 2.30. The number of nitrogens with zero attached hydrogens (tertiary/aromatic N) is 3. The predicted octanol–water partition coefficient (Wildman–Crippen LogP) is 4.11. The Morgan fingerprint density at radius 3 is 2.86 bits per heavy atom. The smallest absolute Gasteiger partial charge is 0.226 e. The minimum Gasteiger partial charge on any atom is -0.496 e. The van der Waals surface area contributed by atoms with Crippen LogP contribution in [0.3, 0.4) is 0 Å². The molecule has 1 atom stereocenters. The van der Waals surface area contributed by atoms with E-state index in [0.29, 0.717) is 25.3 Å². The van der Waals surface area contributed by atoms with E-state index in [2.05, 4.69) is 10.1 Å². The van der Waals surface area contributed by atoms with E-state index < -0.39 is 0 Å². The lowest BCUT2D eigenvalue weighted by Gasteiger charge is -2.20. The SMILES string of the molecule is COc1ccccc1CN1CC(c2noc(CCC3CCCCC3)n2)CC1=O. The fraction of sp³-hybridized carbons (Fsp3) is 0.591. The summed E-state index contributed by atoms with van der Waals surface area (Å²) in [5.41, 5.74) is 1.01.